The summed E-state index contributed by atoms with van der Waals surface area (Å²) in [7, 11) is 0. The molecule has 1 amide bonds. The Hall–Kier alpha value is -2.84. The normalized spacial score (nSPS) is 10.2. The number of benzene rings is 2. The minimum Gasteiger partial charge on any atom is -0.376 e. The fraction of sp³-hybridized carbons (Fsp3) is 0.0625. The lowest BCUT2D eigenvalue weighted by atomic mass is 10.2. The van der Waals surface area contributed by atoms with E-state index in [0.29, 0.717) is 10.6 Å². The number of hydrogen-bond donors (Lipinski definition) is 2. The molecule has 0 radical (unpaired) electrons. The largest absolute Gasteiger partial charge is 0.376 e. The lowest BCUT2D eigenvalue weighted by molar-refractivity contribution is -0.119. The second kappa shape index (κ2) is 7.81. The molecule has 0 aliphatic carbocycles. The van der Waals surface area contributed by atoms with Crippen molar-refractivity contribution in [1.29, 1.82) is 5.26 Å². The number of amides is 1. The Balaban J connectivity index is 1.78. The van der Waals surface area contributed by atoms with E-state index in [9.17, 15) is 4.79 Å². The fourth-order valence-electron chi connectivity index (χ4n) is 1.61. The van der Waals surface area contributed by atoms with Gasteiger partial charge in [0.05, 0.1) is 24.4 Å². The first-order chi connectivity index (χ1) is 10.7. The second-order valence-electron chi connectivity index (χ2n) is 4.39. The van der Waals surface area contributed by atoms with Gasteiger partial charge in [-0.15, -0.1) is 0 Å². The summed E-state index contributed by atoms with van der Waals surface area (Å²) in [4.78, 5) is 11.6. The van der Waals surface area contributed by atoms with Crippen LogP contribution >= 0.6 is 11.6 Å². The zero-order valence-corrected chi connectivity index (χ0v) is 12.3. The summed E-state index contributed by atoms with van der Waals surface area (Å²) in [5.41, 5.74) is 4.59. The maximum Gasteiger partial charge on any atom is 0.259 e. The van der Waals surface area contributed by atoms with Gasteiger partial charge in [0, 0.05) is 10.7 Å². The van der Waals surface area contributed by atoms with Crippen LogP contribution in [0.3, 0.4) is 0 Å². The molecule has 2 N–H and O–H groups in total. The molecule has 110 valence electrons. The average molecular weight is 313 g/mol. The van der Waals surface area contributed by atoms with Gasteiger partial charge in [0.25, 0.3) is 5.91 Å². The van der Waals surface area contributed by atoms with E-state index in [0.717, 1.165) is 11.3 Å². The summed E-state index contributed by atoms with van der Waals surface area (Å²) in [5.74, 6) is -0.264. The summed E-state index contributed by atoms with van der Waals surface area (Å²) < 4.78 is 0. The molecule has 6 heteroatoms. The Morgan fingerprint density at radius 2 is 1.86 bits per heavy atom. The van der Waals surface area contributed by atoms with Crippen LogP contribution in [0, 0.1) is 11.3 Å². The molecule has 0 heterocycles. The summed E-state index contributed by atoms with van der Waals surface area (Å²) in [6.07, 6.45) is 1.52. The number of anilines is 1. The van der Waals surface area contributed by atoms with Gasteiger partial charge in [-0.2, -0.15) is 10.4 Å². The SMILES string of the molecule is N#Cc1ccc(/C=N\NC(=O)CNc2ccc(Cl)cc2)cc1. The van der Waals surface area contributed by atoms with Crippen molar-refractivity contribution < 1.29 is 4.79 Å². The van der Waals surface area contributed by atoms with Crippen molar-refractivity contribution in [2.45, 2.75) is 0 Å². The second-order valence-corrected chi connectivity index (χ2v) is 4.82. The number of carbonyl (C=O) groups excluding carboxylic acids is 1. The van der Waals surface area contributed by atoms with Crippen LogP contribution in [0.1, 0.15) is 11.1 Å². The third-order valence-corrected chi connectivity index (χ3v) is 2.99. The molecule has 0 aromatic heterocycles. The summed E-state index contributed by atoms with van der Waals surface area (Å²) in [5, 5.41) is 16.1. The predicted molar refractivity (Wildman–Crippen MR) is 86.8 cm³/mol. The van der Waals surface area contributed by atoms with Gasteiger partial charge >= 0.3 is 0 Å². The highest BCUT2D eigenvalue weighted by Crippen LogP contribution is 2.12. The van der Waals surface area contributed by atoms with E-state index in [1.807, 2.05) is 6.07 Å². The molecule has 2 rings (SSSR count). The quantitative estimate of drug-likeness (QED) is 0.658. The van der Waals surface area contributed by atoms with E-state index in [1.165, 1.54) is 6.21 Å². The van der Waals surface area contributed by atoms with E-state index in [2.05, 4.69) is 15.8 Å². The van der Waals surface area contributed by atoms with Crippen LogP contribution in [0.2, 0.25) is 5.02 Å². The van der Waals surface area contributed by atoms with Gasteiger partial charge in [-0.3, -0.25) is 4.79 Å². The highest BCUT2D eigenvalue weighted by molar-refractivity contribution is 6.30. The Kier molecular flexibility index (Phi) is 5.52. The number of nitriles is 1. The Morgan fingerprint density at radius 1 is 1.18 bits per heavy atom. The summed E-state index contributed by atoms with van der Waals surface area (Å²) in [6.45, 7) is 0.104. The number of carbonyl (C=O) groups is 1. The van der Waals surface area contributed by atoms with E-state index in [4.69, 9.17) is 16.9 Å². The average Bonchev–Trinajstić information content (AvgIpc) is 2.55. The van der Waals surface area contributed by atoms with Crippen LogP contribution in [0.25, 0.3) is 0 Å². The molecule has 0 fully saturated rings. The zero-order chi connectivity index (χ0) is 15.8. The number of hydrogen-bond acceptors (Lipinski definition) is 4. The molecule has 0 spiro atoms. The first-order valence-corrected chi connectivity index (χ1v) is 6.86. The number of hydrazone groups is 1. The highest BCUT2D eigenvalue weighted by atomic mass is 35.5. The molecule has 0 aliphatic rings. The van der Waals surface area contributed by atoms with E-state index >= 15 is 0 Å². The molecule has 0 atom stereocenters. The van der Waals surface area contributed by atoms with E-state index in [1.54, 1.807) is 48.5 Å². The third-order valence-electron chi connectivity index (χ3n) is 2.74. The van der Waals surface area contributed by atoms with Gasteiger partial charge in [0.1, 0.15) is 0 Å². The number of halogens is 1. The minimum absolute atomic E-state index is 0.104. The number of nitrogens with one attached hydrogen (secondary N) is 2. The molecule has 0 saturated heterocycles. The van der Waals surface area contributed by atoms with Crippen molar-refractivity contribution in [2.75, 3.05) is 11.9 Å². The topological polar surface area (TPSA) is 77.3 Å². The Bertz CT molecular complexity index is 702. The molecule has 2 aromatic carbocycles. The monoisotopic (exact) mass is 312 g/mol. The van der Waals surface area contributed by atoms with Crippen molar-refractivity contribution in [2.24, 2.45) is 5.10 Å². The first kappa shape index (κ1) is 15.5. The minimum atomic E-state index is -0.264. The van der Waals surface area contributed by atoms with Crippen LogP contribution in [-0.2, 0) is 4.79 Å². The highest BCUT2D eigenvalue weighted by Gasteiger charge is 1.99. The number of nitrogens with zero attached hydrogens (tertiary/aromatic N) is 2. The smallest absolute Gasteiger partial charge is 0.259 e. The van der Waals surface area contributed by atoms with Gasteiger partial charge in [-0.25, -0.2) is 5.43 Å². The van der Waals surface area contributed by atoms with Crippen molar-refractivity contribution >= 4 is 29.4 Å². The molecule has 0 aliphatic heterocycles. The van der Waals surface area contributed by atoms with E-state index < -0.39 is 0 Å². The maximum absolute atomic E-state index is 11.6. The maximum atomic E-state index is 11.6. The third kappa shape index (κ3) is 4.93. The van der Waals surface area contributed by atoms with E-state index in [-0.39, 0.29) is 12.5 Å². The fourth-order valence-corrected chi connectivity index (χ4v) is 1.74. The summed E-state index contributed by atoms with van der Waals surface area (Å²) >= 11 is 5.78. The molecular weight excluding hydrogens is 300 g/mol. The van der Waals surface area contributed by atoms with Gasteiger partial charge < -0.3 is 5.32 Å². The lowest BCUT2D eigenvalue weighted by Gasteiger charge is -2.04. The molecule has 2 aromatic rings. The molecule has 0 saturated carbocycles. The van der Waals surface area contributed by atoms with Crippen molar-refractivity contribution in [3.63, 3.8) is 0 Å². The van der Waals surface area contributed by atoms with Crippen molar-refractivity contribution in [1.82, 2.24) is 5.43 Å². The standard InChI is InChI=1S/C16H13ClN4O/c17-14-5-7-15(8-6-14)19-11-16(22)21-20-10-13-3-1-12(9-18)2-4-13/h1-8,10,19H,11H2,(H,21,22)/b20-10-. The van der Waals surface area contributed by atoms with Crippen LogP contribution in [0.4, 0.5) is 5.69 Å². The summed E-state index contributed by atoms with van der Waals surface area (Å²) in [6, 6.07) is 16.0. The van der Waals surface area contributed by atoms with Gasteiger partial charge in [-0.05, 0) is 42.0 Å². The number of rotatable bonds is 5. The van der Waals surface area contributed by atoms with Gasteiger partial charge in [-0.1, -0.05) is 23.7 Å². The molecular formula is C16H13ClN4O. The molecule has 0 bridgehead atoms. The zero-order valence-electron chi connectivity index (χ0n) is 11.6. The predicted octanol–water partition coefficient (Wildman–Crippen LogP) is 2.77. The molecule has 5 nitrogen and oxygen atoms in total. The van der Waals surface area contributed by atoms with Gasteiger partial charge in [0.2, 0.25) is 0 Å². The Morgan fingerprint density at radius 3 is 2.50 bits per heavy atom. The molecule has 22 heavy (non-hydrogen) atoms. The van der Waals surface area contributed by atoms with Crippen LogP contribution in [0.15, 0.2) is 53.6 Å². The van der Waals surface area contributed by atoms with Crippen LogP contribution in [-0.4, -0.2) is 18.7 Å². The van der Waals surface area contributed by atoms with Crippen molar-refractivity contribution in [3.05, 3.63) is 64.7 Å². The molecule has 0 unspecified atom stereocenters. The lowest BCUT2D eigenvalue weighted by Crippen LogP contribution is -2.25. The van der Waals surface area contributed by atoms with Crippen LogP contribution < -0.4 is 10.7 Å². The Labute approximate surface area is 133 Å². The first-order valence-electron chi connectivity index (χ1n) is 6.49. The van der Waals surface area contributed by atoms with Crippen LogP contribution in [0.5, 0.6) is 0 Å². The van der Waals surface area contributed by atoms with Gasteiger partial charge in [0.15, 0.2) is 0 Å². The van der Waals surface area contributed by atoms with Crippen molar-refractivity contribution in [3.8, 4) is 6.07 Å².